The van der Waals surface area contributed by atoms with E-state index in [2.05, 4.69) is 30.5 Å². The minimum atomic E-state index is -4.69. The van der Waals surface area contributed by atoms with E-state index in [-0.39, 0.29) is 11.2 Å². The topological polar surface area (TPSA) is 27.1 Å². The molecule has 0 radical (unpaired) electrons. The van der Waals surface area contributed by atoms with Crippen molar-refractivity contribution in [1.29, 1.82) is 0 Å². The van der Waals surface area contributed by atoms with E-state index in [0.717, 1.165) is 22.5 Å². The van der Waals surface area contributed by atoms with Crippen LogP contribution in [0.3, 0.4) is 0 Å². The Morgan fingerprint density at radius 1 is 0.923 bits per heavy atom. The average molecular weight is 360 g/mol. The second kappa shape index (κ2) is 6.52. The number of halogens is 3. The number of imidazole rings is 1. The van der Waals surface area contributed by atoms with E-state index in [1.807, 2.05) is 35.0 Å². The molecule has 3 aromatic rings. The van der Waals surface area contributed by atoms with Gasteiger partial charge in [-0.15, -0.1) is 13.2 Å². The Bertz CT molecular complexity index is 890. The minimum Gasteiger partial charge on any atom is -0.406 e. The lowest BCUT2D eigenvalue weighted by Gasteiger charge is -2.14. The Morgan fingerprint density at radius 3 is 2.19 bits per heavy atom. The van der Waals surface area contributed by atoms with Gasteiger partial charge >= 0.3 is 6.36 Å². The van der Waals surface area contributed by atoms with Gasteiger partial charge in [-0.3, -0.25) is 0 Å². The van der Waals surface area contributed by atoms with E-state index >= 15 is 0 Å². The van der Waals surface area contributed by atoms with E-state index in [9.17, 15) is 13.2 Å². The molecule has 0 fully saturated rings. The van der Waals surface area contributed by atoms with Crippen molar-refractivity contribution in [3.05, 3.63) is 66.7 Å². The fourth-order valence-corrected chi connectivity index (χ4v) is 2.55. The van der Waals surface area contributed by atoms with Crippen LogP contribution in [0, 0.1) is 0 Å². The Kier molecular flexibility index (Phi) is 4.52. The molecular weight excluding hydrogens is 341 g/mol. The lowest BCUT2D eigenvalue weighted by Crippen LogP contribution is -2.16. The first-order valence-electron chi connectivity index (χ1n) is 8.13. The summed E-state index contributed by atoms with van der Waals surface area (Å²) in [5, 5.41) is 0. The molecule has 0 bridgehead atoms. The molecule has 0 spiro atoms. The molecule has 1 aromatic heterocycles. The summed E-state index contributed by atoms with van der Waals surface area (Å²) in [4.78, 5) is 4.45. The number of rotatable bonds is 3. The molecule has 26 heavy (non-hydrogen) atoms. The van der Waals surface area contributed by atoms with Crippen LogP contribution in [0.5, 0.6) is 5.75 Å². The highest BCUT2D eigenvalue weighted by Crippen LogP contribution is 2.28. The molecule has 0 amide bonds. The van der Waals surface area contributed by atoms with Crippen LogP contribution < -0.4 is 4.74 Å². The van der Waals surface area contributed by atoms with E-state index in [1.165, 1.54) is 12.1 Å². The molecule has 136 valence electrons. The molecule has 0 aliphatic rings. The van der Waals surface area contributed by atoms with Gasteiger partial charge in [-0.1, -0.05) is 45.0 Å². The van der Waals surface area contributed by atoms with Gasteiger partial charge in [0.05, 0.1) is 12.0 Å². The average Bonchev–Trinajstić information content (AvgIpc) is 3.04. The smallest absolute Gasteiger partial charge is 0.406 e. The molecule has 0 aliphatic heterocycles. The van der Waals surface area contributed by atoms with Gasteiger partial charge in [0.15, 0.2) is 0 Å². The number of ether oxygens (including phenoxy) is 1. The number of alkyl halides is 3. The standard InChI is InChI=1S/C20H19F3N2O/c1-19(2,3)18-12-25(13-24-18)16-6-4-5-15(11-16)14-7-9-17(10-8-14)26-20(21,22)23/h4-13H,1-3H3. The normalized spacial score (nSPS) is 12.2. The molecule has 0 atom stereocenters. The third-order valence-corrected chi connectivity index (χ3v) is 3.92. The maximum absolute atomic E-state index is 12.3. The van der Waals surface area contributed by atoms with Crippen molar-refractivity contribution in [2.24, 2.45) is 0 Å². The van der Waals surface area contributed by atoms with Crippen LogP contribution in [0.25, 0.3) is 16.8 Å². The lowest BCUT2D eigenvalue weighted by molar-refractivity contribution is -0.274. The zero-order valence-corrected chi connectivity index (χ0v) is 14.7. The Morgan fingerprint density at radius 2 is 1.62 bits per heavy atom. The molecule has 2 aromatic carbocycles. The molecule has 3 rings (SSSR count). The van der Waals surface area contributed by atoms with Gasteiger partial charge in [-0.2, -0.15) is 0 Å². The van der Waals surface area contributed by atoms with Gasteiger partial charge < -0.3 is 9.30 Å². The van der Waals surface area contributed by atoms with E-state index in [0.29, 0.717) is 0 Å². The summed E-state index contributed by atoms with van der Waals surface area (Å²) in [5.41, 5.74) is 3.57. The summed E-state index contributed by atoms with van der Waals surface area (Å²) in [5.74, 6) is -0.234. The van der Waals surface area contributed by atoms with Crippen molar-refractivity contribution in [2.45, 2.75) is 32.5 Å². The maximum atomic E-state index is 12.3. The van der Waals surface area contributed by atoms with Crippen molar-refractivity contribution in [3.63, 3.8) is 0 Å². The zero-order valence-electron chi connectivity index (χ0n) is 14.7. The number of hydrogen-bond acceptors (Lipinski definition) is 2. The van der Waals surface area contributed by atoms with Gasteiger partial charge in [-0.25, -0.2) is 4.98 Å². The number of aromatic nitrogens is 2. The quantitative estimate of drug-likeness (QED) is 0.596. The molecule has 3 nitrogen and oxygen atoms in total. The molecule has 6 heteroatoms. The van der Waals surface area contributed by atoms with Crippen LogP contribution in [0.2, 0.25) is 0 Å². The largest absolute Gasteiger partial charge is 0.573 e. The van der Waals surface area contributed by atoms with Gasteiger partial charge in [0.2, 0.25) is 0 Å². The van der Waals surface area contributed by atoms with Gasteiger partial charge in [-0.05, 0) is 35.4 Å². The second-order valence-corrected chi connectivity index (χ2v) is 7.04. The van der Waals surface area contributed by atoms with E-state index in [1.54, 1.807) is 18.5 Å². The Balaban J connectivity index is 1.86. The number of hydrogen-bond donors (Lipinski definition) is 0. The molecular formula is C20H19F3N2O. The molecule has 0 saturated carbocycles. The van der Waals surface area contributed by atoms with Crippen LogP contribution in [0.15, 0.2) is 61.1 Å². The van der Waals surface area contributed by atoms with Crippen LogP contribution >= 0.6 is 0 Å². The summed E-state index contributed by atoms with van der Waals surface area (Å²) in [6, 6.07) is 13.6. The highest BCUT2D eigenvalue weighted by molar-refractivity contribution is 5.66. The van der Waals surface area contributed by atoms with Crippen molar-refractivity contribution in [1.82, 2.24) is 9.55 Å². The van der Waals surface area contributed by atoms with Crippen molar-refractivity contribution >= 4 is 0 Å². The summed E-state index contributed by atoms with van der Waals surface area (Å²) in [6.07, 6.45) is -0.938. The molecule has 0 unspecified atom stereocenters. The van der Waals surface area contributed by atoms with Crippen molar-refractivity contribution < 1.29 is 17.9 Å². The number of benzene rings is 2. The lowest BCUT2D eigenvalue weighted by atomic mass is 9.93. The van der Waals surface area contributed by atoms with E-state index in [4.69, 9.17) is 0 Å². The van der Waals surface area contributed by atoms with Crippen LogP contribution in [-0.2, 0) is 5.41 Å². The van der Waals surface area contributed by atoms with Gasteiger partial charge in [0.1, 0.15) is 5.75 Å². The van der Waals surface area contributed by atoms with Gasteiger partial charge in [0.25, 0.3) is 0 Å². The molecule has 0 N–H and O–H groups in total. The fourth-order valence-electron chi connectivity index (χ4n) is 2.55. The first-order chi connectivity index (χ1) is 12.1. The molecule has 1 heterocycles. The molecule has 0 saturated heterocycles. The third kappa shape index (κ3) is 4.25. The summed E-state index contributed by atoms with van der Waals surface area (Å²) in [7, 11) is 0. The van der Waals surface area contributed by atoms with Gasteiger partial charge in [0, 0.05) is 17.3 Å². The maximum Gasteiger partial charge on any atom is 0.573 e. The van der Waals surface area contributed by atoms with Crippen molar-refractivity contribution in [2.75, 3.05) is 0 Å². The van der Waals surface area contributed by atoms with Crippen LogP contribution in [-0.4, -0.2) is 15.9 Å². The zero-order chi connectivity index (χ0) is 18.9. The van der Waals surface area contributed by atoms with E-state index < -0.39 is 6.36 Å². The monoisotopic (exact) mass is 360 g/mol. The highest BCUT2D eigenvalue weighted by atomic mass is 19.4. The summed E-state index contributed by atoms with van der Waals surface area (Å²) in [6.45, 7) is 6.29. The van der Waals surface area contributed by atoms with Crippen molar-refractivity contribution in [3.8, 4) is 22.6 Å². The molecule has 0 aliphatic carbocycles. The minimum absolute atomic E-state index is 0.0445. The van der Waals surface area contributed by atoms with Crippen LogP contribution in [0.4, 0.5) is 13.2 Å². The summed E-state index contributed by atoms with van der Waals surface area (Å²) >= 11 is 0. The SMILES string of the molecule is CC(C)(C)c1cn(-c2cccc(-c3ccc(OC(F)(F)F)cc3)c2)cn1. The Labute approximate surface area is 150 Å². The fraction of sp³-hybridized carbons (Fsp3) is 0.250. The predicted octanol–water partition coefficient (Wildman–Crippen LogP) is 5.74. The first kappa shape index (κ1) is 18.0. The van der Waals surface area contributed by atoms with Crippen LogP contribution in [0.1, 0.15) is 26.5 Å². The second-order valence-electron chi connectivity index (χ2n) is 7.04. The predicted molar refractivity (Wildman–Crippen MR) is 94.4 cm³/mol. The Hall–Kier alpha value is -2.76. The third-order valence-electron chi connectivity index (χ3n) is 3.92. The number of nitrogens with zero attached hydrogens (tertiary/aromatic N) is 2. The first-order valence-corrected chi connectivity index (χ1v) is 8.13. The summed E-state index contributed by atoms with van der Waals surface area (Å²) < 4.78 is 42.6. The highest BCUT2D eigenvalue weighted by Gasteiger charge is 2.30.